The summed E-state index contributed by atoms with van der Waals surface area (Å²) in [5.74, 6) is 0.727. The van der Waals surface area contributed by atoms with Gasteiger partial charge in [-0.3, -0.25) is 0 Å². The summed E-state index contributed by atoms with van der Waals surface area (Å²) in [7, 11) is 0. The van der Waals surface area contributed by atoms with Crippen LogP contribution in [0.25, 0.3) is 10.8 Å². The van der Waals surface area contributed by atoms with Crippen molar-refractivity contribution < 1.29 is 4.74 Å². The fraction of sp³-hybridized carbons (Fsp3) is 0.176. The molecule has 1 aliphatic rings. The van der Waals surface area contributed by atoms with Gasteiger partial charge in [0.05, 0.1) is 18.9 Å². The van der Waals surface area contributed by atoms with Gasteiger partial charge in [0.25, 0.3) is 0 Å². The Morgan fingerprint density at radius 1 is 1.05 bits per heavy atom. The molecular formula is C17H14ClN3O. The Hall–Kier alpha value is -2.17. The summed E-state index contributed by atoms with van der Waals surface area (Å²) in [6, 6.07) is 14.5. The van der Waals surface area contributed by atoms with E-state index in [0.717, 1.165) is 29.2 Å². The molecule has 0 unspecified atom stereocenters. The molecule has 22 heavy (non-hydrogen) atoms. The van der Waals surface area contributed by atoms with Crippen molar-refractivity contribution in [2.24, 2.45) is 0 Å². The first kappa shape index (κ1) is 13.5. The standard InChI is InChI=1S/C17H14ClN3O/c18-17-20-15-7-8-22-10-14(15)16(21-17)19-13-6-5-11-3-1-2-4-12(11)9-13/h1-6,9H,7-8,10H2,(H,19,20,21). The lowest BCUT2D eigenvalue weighted by atomic mass is 10.1. The van der Waals surface area contributed by atoms with Gasteiger partial charge >= 0.3 is 0 Å². The molecule has 0 bridgehead atoms. The minimum absolute atomic E-state index is 0.268. The third-order valence-electron chi connectivity index (χ3n) is 3.81. The SMILES string of the molecule is Clc1nc2c(c(Nc3ccc4ccccc4c3)n1)COCC2. The Bertz CT molecular complexity index is 850. The van der Waals surface area contributed by atoms with E-state index in [-0.39, 0.29) is 5.28 Å². The topological polar surface area (TPSA) is 47.0 Å². The zero-order valence-corrected chi connectivity index (χ0v) is 12.6. The molecule has 0 radical (unpaired) electrons. The number of halogens is 1. The van der Waals surface area contributed by atoms with Crippen molar-refractivity contribution in [3.05, 3.63) is 59.0 Å². The van der Waals surface area contributed by atoms with E-state index in [4.69, 9.17) is 16.3 Å². The molecule has 0 saturated carbocycles. The lowest BCUT2D eigenvalue weighted by Gasteiger charge is -2.19. The second kappa shape index (κ2) is 5.55. The monoisotopic (exact) mass is 311 g/mol. The van der Waals surface area contributed by atoms with E-state index in [2.05, 4.69) is 39.6 Å². The van der Waals surface area contributed by atoms with E-state index in [1.807, 2.05) is 18.2 Å². The highest BCUT2D eigenvalue weighted by atomic mass is 35.5. The molecule has 0 spiro atoms. The number of fused-ring (bicyclic) bond motifs is 2. The Morgan fingerprint density at radius 2 is 1.91 bits per heavy atom. The van der Waals surface area contributed by atoms with Crippen LogP contribution in [0.15, 0.2) is 42.5 Å². The second-order valence-electron chi connectivity index (χ2n) is 5.26. The van der Waals surface area contributed by atoms with Gasteiger partial charge in [-0.15, -0.1) is 0 Å². The highest BCUT2D eigenvalue weighted by Crippen LogP contribution is 2.28. The van der Waals surface area contributed by atoms with E-state index < -0.39 is 0 Å². The number of benzene rings is 2. The molecule has 1 aromatic heterocycles. The number of anilines is 2. The predicted molar refractivity (Wildman–Crippen MR) is 87.6 cm³/mol. The number of rotatable bonds is 2. The molecule has 2 heterocycles. The van der Waals surface area contributed by atoms with Gasteiger partial charge in [-0.2, -0.15) is 0 Å². The van der Waals surface area contributed by atoms with E-state index in [1.165, 1.54) is 10.8 Å². The lowest BCUT2D eigenvalue weighted by molar-refractivity contribution is 0.109. The van der Waals surface area contributed by atoms with Crippen LogP contribution in [0.5, 0.6) is 0 Å². The van der Waals surface area contributed by atoms with Gasteiger partial charge in [0.15, 0.2) is 0 Å². The van der Waals surface area contributed by atoms with Crippen molar-refractivity contribution in [1.29, 1.82) is 0 Å². The number of ether oxygens (including phenoxy) is 1. The Morgan fingerprint density at radius 3 is 2.82 bits per heavy atom. The zero-order chi connectivity index (χ0) is 14.9. The first-order valence-electron chi connectivity index (χ1n) is 7.18. The van der Waals surface area contributed by atoms with Crippen LogP contribution in [0, 0.1) is 0 Å². The Balaban J connectivity index is 1.74. The summed E-state index contributed by atoms with van der Waals surface area (Å²) >= 11 is 6.04. The number of nitrogens with one attached hydrogen (secondary N) is 1. The Labute approximate surface area is 133 Å². The molecule has 0 atom stereocenters. The Kier molecular flexibility index (Phi) is 3.41. The number of aromatic nitrogens is 2. The summed E-state index contributed by atoms with van der Waals surface area (Å²) in [5.41, 5.74) is 2.93. The van der Waals surface area contributed by atoms with Crippen LogP contribution in [-0.4, -0.2) is 16.6 Å². The molecule has 5 heteroatoms. The summed E-state index contributed by atoms with van der Waals surface area (Å²) in [4.78, 5) is 8.63. The quantitative estimate of drug-likeness (QED) is 0.724. The van der Waals surface area contributed by atoms with Crippen LogP contribution in [0.2, 0.25) is 5.28 Å². The largest absolute Gasteiger partial charge is 0.376 e. The minimum atomic E-state index is 0.268. The third-order valence-corrected chi connectivity index (χ3v) is 3.98. The highest BCUT2D eigenvalue weighted by molar-refractivity contribution is 6.28. The van der Waals surface area contributed by atoms with Gasteiger partial charge in [-0.1, -0.05) is 30.3 Å². The maximum atomic E-state index is 6.04. The molecular weight excluding hydrogens is 298 g/mol. The molecule has 0 amide bonds. The van der Waals surface area contributed by atoms with E-state index in [0.29, 0.717) is 13.2 Å². The molecule has 1 aliphatic heterocycles. The van der Waals surface area contributed by atoms with Crippen molar-refractivity contribution in [3.8, 4) is 0 Å². The van der Waals surface area contributed by atoms with Crippen molar-refractivity contribution in [3.63, 3.8) is 0 Å². The molecule has 3 aromatic rings. The second-order valence-corrected chi connectivity index (χ2v) is 5.59. The van der Waals surface area contributed by atoms with Crippen LogP contribution in [0.4, 0.5) is 11.5 Å². The molecule has 0 saturated heterocycles. The zero-order valence-electron chi connectivity index (χ0n) is 11.8. The molecule has 0 fully saturated rings. The smallest absolute Gasteiger partial charge is 0.224 e. The normalized spacial score (nSPS) is 13.9. The predicted octanol–water partition coefficient (Wildman–Crippen LogP) is 4.10. The van der Waals surface area contributed by atoms with Gasteiger partial charge in [-0.05, 0) is 34.5 Å². The molecule has 2 aromatic carbocycles. The van der Waals surface area contributed by atoms with Gasteiger partial charge in [-0.25, -0.2) is 9.97 Å². The van der Waals surface area contributed by atoms with Crippen molar-refractivity contribution in [1.82, 2.24) is 9.97 Å². The third kappa shape index (κ3) is 2.51. The highest BCUT2D eigenvalue weighted by Gasteiger charge is 2.18. The fourth-order valence-electron chi connectivity index (χ4n) is 2.71. The molecule has 4 nitrogen and oxygen atoms in total. The minimum Gasteiger partial charge on any atom is -0.376 e. The van der Waals surface area contributed by atoms with Crippen LogP contribution in [0.3, 0.4) is 0 Å². The molecule has 0 aliphatic carbocycles. The van der Waals surface area contributed by atoms with Crippen LogP contribution >= 0.6 is 11.6 Å². The van der Waals surface area contributed by atoms with Crippen molar-refractivity contribution >= 4 is 33.9 Å². The number of hydrogen-bond acceptors (Lipinski definition) is 4. The summed E-state index contributed by atoms with van der Waals surface area (Å²) in [5, 5.41) is 6.00. The van der Waals surface area contributed by atoms with Gasteiger partial charge < -0.3 is 10.1 Å². The average molecular weight is 312 g/mol. The van der Waals surface area contributed by atoms with Crippen molar-refractivity contribution in [2.75, 3.05) is 11.9 Å². The summed E-state index contributed by atoms with van der Waals surface area (Å²) in [6.45, 7) is 1.19. The van der Waals surface area contributed by atoms with Gasteiger partial charge in [0, 0.05) is 17.7 Å². The average Bonchev–Trinajstić information content (AvgIpc) is 2.54. The van der Waals surface area contributed by atoms with Gasteiger partial charge in [0.2, 0.25) is 5.28 Å². The number of hydrogen-bond donors (Lipinski definition) is 1. The maximum absolute atomic E-state index is 6.04. The van der Waals surface area contributed by atoms with Crippen LogP contribution < -0.4 is 5.32 Å². The number of nitrogens with zero attached hydrogens (tertiary/aromatic N) is 2. The van der Waals surface area contributed by atoms with E-state index in [1.54, 1.807) is 0 Å². The van der Waals surface area contributed by atoms with Crippen LogP contribution in [0.1, 0.15) is 11.3 Å². The first-order valence-corrected chi connectivity index (χ1v) is 7.56. The summed E-state index contributed by atoms with van der Waals surface area (Å²) in [6.07, 6.45) is 0.768. The van der Waals surface area contributed by atoms with Crippen LogP contribution in [-0.2, 0) is 17.8 Å². The lowest BCUT2D eigenvalue weighted by Crippen LogP contribution is -2.15. The van der Waals surface area contributed by atoms with E-state index in [9.17, 15) is 0 Å². The first-order chi connectivity index (χ1) is 10.8. The fourth-order valence-corrected chi connectivity index (χ4v) is 2.90. The molecule has 110 valence electrons. The van der Waals surface area contributed by atoms with Gasteiger partial charge in [0.1, 0.15) is 5.82 Å². The van der Waals surface area contributed by atoms with Crippen molar-refractivity contribution in [2.45, 2.75) is 13.0 Å². The molecule has 1 N–H and O–H groups in total. The molecule has 4 rings (SSSR count). The van der Waals surface area contributed by atoms with E-state index >= 15 is 0 Å². The maximum Gasteiger partial charge on any atom is 0.224 e. The summed E-state index contributed by atoms with van der Waals surface area (Å²) < 4.78 is 5.52.